The summed E-state index contributed by atoms with van der Waals surface area (Å²) in [5.41, 5.74) is 1.27. The summed E-state index contributed by atoms with van der Waals surface area (Å²) in [6.07, 6.45) is 0.597. The number of hydrogen-bond donors (Lipinski definition) is 1. The Morgan fingerprint density at radius 1 is 1.28 bits per heavy atom. The molecule has 1 aromatic rings. The molecule has 2 nitrogen and oxygen atoms in total. The van der Waals surface area contributed by atoms with Gasteiger partial charge in [0.05, 0.1) is 6.67 Å². The third-order valence-electron chi connectivity index (χ3n) is 3.24. The molecular weight excluding hydrogens is 366 g/mol. The van der Waals surface area contributed by atoms with Gasteiger partial charge in [0.2, 0.25) is 0 Å². The lowest BCUT2D eigenvalue weighted by Gasteiger charge is -2.35. The van der Waals surface area contributed by atoms with Gasteiger partial charge < -0.3 is 5.32 Å². The van der Waals surface area contributed by atoms with Gasteiger partial charge in [-0.2, -0.15) is 0 Å². The summed E-state index contributed by atoms with van der Waals surface area (Å²) in [6.45, 7) is 3.78. The Bertz CT molecular complexity index is 359. The number of benzene rings is 1. The Hall–Kier alpha value is 0.0900. The maximum Gasteiger partial charge on any atom is 0.0912 e. The lowest BCUT2D eigenvalue weighted by Crippen LogP contribution is -2.45. The van der Waals surface area contributed by atoms with E-state index < -0.39 is 0 Å². The van der Waals surface area contributed by atoms with Crippen molar-refractivity contribution in [3.8, 4) is 0 Å². The molecule has 5 heteroatoms. The summed E-state index contributed by atoms with van der Waals surface area (Å²) >= 11 is 2.35. The largest absolute Gasteiger partial charge is 0.314 e. The van der Waals surface area contributed by atoms with E-state index in [1.807, 2.05) is 12.1 Å². The van der Waals surface area contributed by atoms with Crippen LogP contribution in [-0.4, -0.2) is 37.8 Å². The van der Waals surface area contributed by atoms with E-state index in [0.717, 1.165) is 26.2 Å². The molecule has 2 rings (SSSR count). The summed E-state index contributed by atoms with van der Waals surface area (Å²) in [6, 6.07) is 8.55. The fourth-order valence-electron chi connectivity index (χ4n) is 2.38. The summed E-state index contributed by atoms with van der Waals surface area (Å²) in [4.78, 5) is 2.40. The normalized spacial score (nSPS) is 18.1. The van der Waals surface area contributed by atoms with Crippen molar-refractivity contribution in [1.82, 2.24) is 10.2 Å². The molecule has 1 N–H and O–H groups in total. The summed E-state index contributed by atoms with van der Waals surface area (Å²) in [5.74, 6) is 0. The Labute approximate surface area is 128 Å². The Balaban J connectivity index is 0.00000162. The number of halogens is 3. The van der Waals surface area contributed by atoms with Crippen molar-refractivity contribution < 1.29 is 4.39 Å². The first-order valence-corrected chi connectivity index (χ1v) is 7.16. The fourth-order valence-corrected chi connectivity index (χ4v) is 3.12. The van der Waals surface area contributed by atoms with Crippen LogP contribution in [0.25, 0.3) is 0 Å². The molecule has 1 aliphatic heterocycles. The lowest BCUT2D eigenvalue weighted by molar-refractivity contribution is 0.157. The number of alkyl halides is 1. The molecule has 1 atom stereocenters. The third-order valence-corrected chi connectivity index (χ3v) is 4.22. The van der Waals surface area contributed by atoms with Crippen LogP contribution in [0.5, 0.6) is 0 Å². The number of nitrogens with one attached hydrogen (secondary N) is 1. The van der Waals surface area contributed by atoms with Crippen LogP contribution in [0, 0.1) is 3.57 Å². The van der Waals surface area contributed by atoms with Gasteiger partial charge >= 0.3 is 0 Å². The molecule has 1 aliphatic rings. The van der Waals surface area contributed by atoms with E-state index in [9.17, 15) is 4.39 Å². The topological polar surface area (TPSA) is 15.3 Å². The van der Waals surface area contributed by atoms with E-state index >= 15 is 0 Å². The molecule has 18 heavy (non-hydrogen) atoms. The second kappa shape index (κ2) is 8.30. The molecule has 102 valence electrons. The third kappa shape index (κ3) is 4.05. The minimum Gasteiger partial charge on any atom is -0.314 e. The molecule has 0 aliphatic carbocycles. The zero-order valence-electron chi connectivity index (χ0n) is 10.2. The van der Waals surface area contributed by atoms with Gasteiger partial charge in [0, 0.05) is 35.8 Å². The Morgan fingerprint density at radius 3 is 2.56 bits per heavy atom. The van der Waals surface area contributed by atoms with Gasteiger partial charge in [-0.1, -0.05) is 18.2 Å². The Kier molecular flexibility index (Phi) is 7.44. The minimum absolute atomic E-state index is 0. The predicted molar refractivity (Wildman–Crippen MR) is 84.2 cm³/mol. The van der Waals surface area contributed by atoms with E-state index in [0.29, 0.717) is 6.42 Å². The average molecular weight is 385 g/mol. The van der Waals surface area contributed by atoms with Crippen LogP contribution in [-0.2, 0) is 0 Å². The molecule has 0 aromatic heterocycles. The zero-order chi connectivity index (χ0) is 12.1. The molecule has 1 fully saturated rings. The fraction of sp³-hybridized carbons (Fsp3) is 0.538. The maximum atomic E-state index is 12.8. The van der Waals surface area contributed by atoms with Gasteiger partial charge in [-0.15, -0.1) is 12.4 Å². The van der Waals surface area contributed by atoms with Crippen LogP contribution in [0.1, 0.15) is 18.0 Å². The monoisotopic (exact) mass is 384 g/mol. The van der Waals surface area contributed by atoms with E-state index in [4.69, 9.17) is 0 Å². The Morgan fingerprint density at radius 2 is 1.94 bits per heavy atom. The zero-order valence-corrected chi connectivity index (χ0v) is 13.2. The number of rotatable bonds is 4. The highest BCUT2D eigenvalue weighted by Gasteiger charge is 2.23. The molecule has 0 spiro atoms. The molecule has 1 aromatic carbocycles. The van der Waals surface area contributed by atoms with Crippen molar-refractivity contribution >= 4 is 35.0 Å². The lowest BCUT2D eigenvalue weighted by atomic mass is 10.0. The first-order chi connectivity index (χ1) is 8.33. The molecular formula is C13H19ClFIN2. The van der Waals surface area contributed by atoms with Crippen LogP contribution >= 0.6 is 35.0 Å². The van der Waals surface area contributed by atoms with Crippen molar-refractivity contribution in [2.45, 2.75) is 12.5 Å². The van der Waals surface area contributed by atoms with Gasteiger partial charge in [-0.05, 0) is 40.6 Å². The highest BCUT2D eigenvalue weighted by molar-refractivity contribution is 14.1. The van der Waals surface area contributed by atoms with Gasteiger partial charge in [0.1, 0.15) is 0 Å². The van der Waals surface area contributed by atoms with Crippen LogP contribution in [0.2, 0.25) is 0 Å². The van der Waals surface area contributed by atoms with Crippen LogP contribution in [0.15, 0.2) is 24.3 Å². The van der Waals surface area contributed by atoms with E-state index in [2.05, 4.69) is 44.9 Å². The second-order valence-electron chi connectivity index (χ2n) is 4.30. The number of hydrogen-bond acceptors (Lipinski definition) is 2. The van der Waals surface area contributed by atoms with Crippen molar-refractivity contribution in [3.63, 3.8) is 0 Å². The van der Waals surface area contributed by atoms with Crippen molar-refractivity contribution in [2.24, 2.45) is 0 Å². The summed E-state index contributed by atoms with van der Waals surface area (Å²) < 4.78 is 14.0. The molecule has 1 saturated heterocycles. The van der Waals surface area contributed by atoms with E-state index in [-0.39, 0.29) is 25.1 Å². The number of piperazine rings is 1. The first-order valence-electron chi connectivity index (χ1n) is 6.08. The maximum absolute atomic E-state index is 12.8. The molecule has 1 heterocycles. The molecule has 0 unspecified atom stereocenters. The highest BCUT2D eigenvalue weighted by Crippen LogP contribution is 2.28. The van der Waals surface area contributed by atoms with Gasteiger partial charge in [-0.3, -0.25) is 9.29 Å². The van der Waals surface area contributed by atoms with Crippen LogP contribution in [0.3, 0.4) is 0 Å². The second-order valence-corrected chi connectivity index (χ2v) is 5.46. The average Bonchev–Trinajstić information content (AvgIpc) is 2.38. The standard InChI is InChI=1S/C13H18FIN2.ClH/c14-6-5-13(17-9-7-16-8-10-17)11-3-1-2-4-12(11)15;/h1-4,13,16H,5-10H2;1H/t13-;/m1./s1. The number of nitrogens with zero attached hydrogens (tertiary/aromatic N) is 1. The molecule has 0 bridgehead atoms. The van der Waals surface area contributed by atoms with Crippen molar-refractivity contribution in [1.29, 1.82) is 0 Å². The molecule has 0 amide bonds. The molecule has 0 radical (unpaired) electrons. The minimum atomic E-state index is -0.250. The van der Waals surface area contributed by atoms with Gasteiger partial charge in [-0.25, -0.2) is 0 Å². The van der Waals surface area contributed by atoms with Crippen molar-refractivity contribution in [3.05, 3.63) is 33.4 Å². The molecule has 0 saturated carbocycles. The van der Waals surface area contributed by atoms with Gasteiger partial charge in [0.15, 0.2) is 0 Å². The van der Waals surface area contributed by atoms with Crippen LogP contribution < -0.4 is 5.32 Å². The predicted octanol–water partition coefficient (Wildman–Crippen LogP) is 3.02. The van der Waals surface area contributed by atoms with Crippen molar-refractivity contribution in [2.75, 3.05) is 32.9 Å². The summed E-state index contributed by atoms with van der Waals surface area (Å²) in [5, 5.41) is 3.34. The smallest absolute Gasteiger partial charge is 0.0912 e. The van der Waals surface area contributed by atoms with E-state index in [1.165, 1.54) is 9.13 Å². The SMILES string of the molecule is Cl.FCC[C@H](c1ccccc1I)N1CCNCC1. The quantitative estimate of drug-likeness (QED) is 0.803. The summed E-state index contributed by atoms with van der Waals surface area (Å²) in [7, 11) is 0. The van der Waals surface area contributed by atoms with E-state index in [1.54, 1.807) is 0 Å². The first kappa shape index (κ1) is 16.1. The van der Waals surface area contributed by atoms with Gasteiger partial charge in [0.25, 0.3) is 0 Å². The van der Waals surface area contributed by atoms with Crippen LogP contribution in [0.4, 0.5) is 4.39 Å². The highest BCUT2D eigenvalue weighted by atomic mass is 127.